The second kappa shape index (κ2) is 6.18. The summed E-state index contributed by atoms with van der Waals surface area (Å²) in [4.78, 5) is 2.93. The summed E-state index contributed by atoms with van der Waals surface area (Å²) in [6, 6.07) is 2.78. The molecular formula is C15H25NOS. The molecule has 2 heterocycles. The molecule has 1 fully saturated rings. The minimum Gasteiger partial charge on any atom is -0.378 e. The van der Waals surface area contributed by atoms with Crippen LogP contribution in [0.4, 0.5) is 0 Å². The van der Waals surface area contributed by atoms with Crippen molar-refractivity contribution in [3.05, 3.63) is 21.4 Å². The van der Waals surface area contributed by atoms with E-state index in [0.29, 0.717) is 18.1 Å². The molecule has 0 bridgehead atoms. The van der Waals surface area contributed by atoms with Crippen LogP contribution in [0.3, 0.4) is 0 Å². The Labute approximate surface area is 115 Å². The van der Waals surface area contributed by atoms with Crippen molar-refractivity contribution in [2.75, 3.05) is 13.2 Å². The maximum Gasteiger partial charge on any atom is 0.0594 e. The van der Waals surface area contributed by atoms with Crippen molar-refractivity contribution in [3.8, 4) is 0 Å². The zero-order valence-electron chi connectivity index (χ0n) is 12.0. The van der Waals surface area contributed by atoms with Gasteiger partial charge in [0.15, 0.2) is 0 Å². The van der Waals surface area contributed by atoms with Gasteiger partial charge in [0, 0.05) is 28.3 Å². The van der Waals surface area contributed by atoms with Crippen molar-refractivity contribution < 1.29 is 4.74 Å². The second-order valence-electron chi connectivity index (χ2n) is 5.36. The molecule has 0 spiro atoms. The molecule has 0 radical (unpaired) electrons. The number of aryl methyl sites for hydroxylation is 2. The lowest BCUT2D eigenvalue weighted by molar-refractivity contribution is 0.0957. The van der Waals surface area contributed by atoms with Crippen molar-refractivity contribution in [3.63, 3.8) is 0 Å². The predicted molar refractivity (Wildman–Crippen MR) is 78.3 cm³/mol. The van der Waals surface area contributed by atoms with Gasteiger partial charge in [0.05, 0.1) is 6.10 Å². The molecule has 102 valence electrons. The van der Waals surface area contributed by atoms with Crippen LogP contribution >= 0.6 is 11.3 Å². The molecule has 3 atom stereocenters. The molecule has 2 rings (SSSR count). The Kier molecular flexibility index (Phi) is 4.82. The van der Waals surface area contributed by atoms with Crippen LogP contribution in [0.5, 0.6) is 0 Å². The summed E-state index contributed by atoms with van der Waals surface area (Å²) in [7, 11) is 0. The van der Waals surface area contributed by atoms with Crippen LogP contribution in [0, 0.1) is 19.8 Å². The van der Waals surface area contributed by atoms with Crippen LogP contribution in [0.1, 0.15) is 48.0 Å². The molecule has 0 aromatic carbocycles. The van der Waals surface area contributed by atoms with Crippen LogP contribution in [0.15, 0.2) is 6.07 Å². The summed E-state index contributed by atoms with van der Waals surface area (Å²) >= 11 is 1.94. The van der Waals surface area contributed by atoms with Crippen LogP contribution < -0.4 is 5.32 Å². The van der Waals surface area contributed by atoms with E-state index in [2.05, 4.69) is 39.1 Å². The first-order valence-electron chi connectivity index (χ1n) is 7.05. The Morgan fingerprint density at radius 3 is 2.78 bits per heavy atom. The van der Waals surface area contributed by atoms with E-state index in [0.717, 1.165) is 13.2 Å². The van der Waals surface area contributed by atoms with Crippen molar-refractivity contribution in [1.29, 1.82) is 0 Å². The molecule has 0 saturated carbocycles. The minimum atomic E-state index is 0.376. The fourth-order valence-corrected chi connectivity index (χ4v) is 4.08. The van der Waals surface area contributed by atoms with Gasteiger partial charge < -0.3 is 10.1 Å². The van der Waals surface area contributed by atoms with E-state index < -0.39 is 0 Å². The smallest absolute Gasteiger partial charge is 0.0594 e. The quantitative estimate of drug-likeness (QED) is 0.875. The fraction of sp³-hybridized carbons (Fsp3) is 0.733. The Morgan fingerprint density at radius 2 is 2.28 bits per heavy atom. The van der Waals surface area contributed by atoms with E-state index in [-0.39, 0.29) is 0 Å². The molecule has 1 N–H and O–H groups in total. The largest absolute Gasteiger partial charge is 0.378 e. The van der Waals surface area contributed by atoms with Crippen molar-refractivity contribution in [2.45, 2.75) is 52.7 Å². The first-order chi connectivity index (χ1) is 8.63. The third kappa shape index (κ3) is 2.95. The number of thiophene rings is 1. The molecule has 18 heavy (non-hydrogen) atoms. The van der Waals surface area contributed by atoms with Gasteiger partial charge >= 0.3 is 0 Å². The third-order valence-corrected chi connectivity index (χ3v) is 5.07. The molecule has 1 aliphatic heterocycles. The average molecular weight is 267 g/mol. The zero-order chi connectivity index (χ0) is 13.1. The number of ether oxygens (including phenoxy) is 1. The number of hydrogen-bond donors (Lipinski definition) is 1. The maximum atomic E-state index is 5.76. The van der Waals surface area contributed by atoms with Crippen LogP contribution in [0.25, 0.3) is 0 Å². The lowest BCUT2D eigenvalue weighted by Crippen LogP contribution is -2.32. The van der Waals surface area contributed by atoms with Gasteiger partial charge in [-0.2, -0.15) is 0 Å². The third-order valence-electron chi connectivity index (χ3n) is 3.84. The summed E-state index contributed by atoms with van der Waals surface area (Å²) in [6.45, 7) is 10.9. The zero-order valence-corrected chi connectivity index (χ0v) is 12.8. The highest BCUT2D eigenvalue weighted by Gasteiger charge is 2.33. The second-order valence-corrected chi connectivity index (χ2v) is 6.65. The molecule has 1 saturated heterocycles. The maximum absolute atomic E-state index is 5.76. The molecule has 2 nitrogen and oxygen atoms in total. The van der Waals surface area contributed by atoms with E-state index in [1.807, 2.05) is 11.3 Å². The minimum absolute atomic E-state index is 0.376. The first-order valence-corrected chi connectivity index (χ1v) is 7.87. The Bertz CT molecular complexity index is 388. The van der Waals surface area contributed by atoms with Gasteiger partial charge in [-0.05, 0) is 51.8 Å². The summed E-state index contributed by atoms with van der Waals surface area (Å²) in [5.41, 5.74) is 1.44. The highest BCUT2D eigenvalue weighted by Crippen LogP contribution is 2.38. The van der Waals surface area contributed by atoms with Gasteiger partial charge in [-0.25, -0.2) is 0 Å². The molecule has 0 amide bonds. The number of rotatable bonds is 5. The van der Waals surface area contributed by atoms with Crippen molar-refractivity contribution in [1.82, 2.24) is 5.32 Å². The summed E-state index contributed by atoms with van der Waals surface area (Å²) in [5, 5.41) is 3.74. The van der Waals surface area contributed by atoms with Crippen molar-refractivity contribution >= 4 is 11.3 Å². The molecule has 1 aromatic rings. The SMILES string of the molecule is CCCNC(c1sc(C)cc1C)C1CCOC1C. The van der Waals surface area contributed by atoms with Crippen molar-refractivity contribution in [2.24, 2.45) is 5.92 Å². The van der Waals surface area contributed by atoms with E-state index in [9.17, 15) is 0 Å². The lowest BCUT2D eigenvalue weighted by atomic mass is 9.91. The fourth-order valence-electron chi connectivity index (χ4n) is 2.89. The van der Waals surface area contributed by atoms with E-state index >= 15 is 0 Å². The number of hydrogen-bond acceptors (Lipinski definition) is 3. The topological polar surface area (TPSA) is 21.3 Å². The monoisotopic (exact) mass is 267 g/mol. The van der Waals surface area contributed by atoms with Crippen LogP contribution in [-0.2, 0) is 4.74 Å². The molecular weight excluding hydrogens is 242 g/mol. The normalized spacial score (nSPS) is 25.6. The molecule has 3 unspecified atom stereocenters. The Hall–Kier alpha value is -0.380. The standard InChI is InChI=1S/C15H25NOS/c1-5-7-16-14(13-6-8-17-12(13)4)15-10(2)9-11(3)18-15/h9,12-14,16H,5-8H2,1-4H3. The van der Waals surface area contributed by atoms with Gasteiger partial charge in [-0.15, -0.1) is 11.3 Å². The van der Waals surface area contributed by atoms with Crippen LogP contribution in [0.2, 0.25) is 0 Å². The van der Waals surface area contributed by atoms with E-state index in [4.69, 9.17) is 4.74 Å². The molecule has 1 aliphatic rings. The Balaban J connectivity index is 2.21. The molecule has 1 aromatic heterocycles. The Morgan fingerprint density at radius 1 is 1.50 bits per heavy atom. The average Bonchev–Trinajstić information content (AvgIpc) is 2.87. The van der Waals surface area contributed by atoms with Gasteiger partial charge in [0.1, 0.15) is 0 Å². The number of nitrogens with one attached hydrogen (secondary N) is 1. The predicted octanol–water partition coefficient (Wildman–Crippen LogP) is 3.83. The summed E-state index contributed by atoms with van der Waals surface area (Å²) in [6.07, 6.45) is 2.74. The summed E-state index contributed by atoms with van der Waals surface area (Å²) < 4.78 is 5.76. The van der Waals surface area contributed by atoms with Gasteiger partial charge in [-0.1, -0.05) is 6.92 Å². The highest BCUT2D eigenvalue weighted by atomic mass is 32.1. The lowest BCUT2D eigenvalue weighted by Gasteiger charge is -2.27. The molecule has 3 heteroatoms. The van der Waals surface area contributed by atoms with E-state index in [1.165, 1.54) is 28.2 Å². The van der Waals surface area contributed by atoms with Gasteiger partial charge in [0.25, 0.3) is 0 Å². The van der Waals surface area contributed by atoms with Crippen LogP contribution in [-0.4, -0.2) is 19.3 Å². The van der Waals surface area contributed by atoms with E-state index in [1.54, 1.807) is 0 Å². The highest BCUT2D eigenvalue weighted by molar-refractivity contribution is 7.12. The summed E-state index contributed by atoms with van der Waals surface area (Å²) in [5.74, 6) is 0.619. The first kappa shape index (κ1) is 14.0. The molecule has 0 aliphatic carbocycles. The van der Waals surface area contributed by atoms with Gasteiger partial charge in [0.2, 0.25) is 0 Å². The van der Waals surface area contributed by atoms with Gasteiger partial charge in [-0.3, -0.25) is 0 Å².